The molecule has 2 aromatic heterocycles. The first-order chi connectivity index (χ1) is 13.5. The van der Waals surface area contributed by atoms with Crippen molar-refractivity contribution in [3.05, 3.63) is 97.1 Å². The Bertz CT molecular complexity index is 620. The summed E-state index contributed by atoms with van der Waals surface area (Å²) in [6.07, 6.45) is 21.4. The Labute approximate surface area is 187 Å². The van der Waals surface area contributed by atoms with E-state index in [-0.39, 0.29) is 17.1 Å². The van der Waals surface area contributed by atoms with E-state index >= 15 is 0 Å². The normalized spacial score (nSPS) is 17.2. The zero-order valence-electron chi connectivity index (χ0n) is 17.7. The molecule has 152 valence electrons. The third-order valence-corrected chi connectivity index (χ3v) is 5.35. The number of nitrogens with one attached hydrogen (secondary N) is 2. The maximum Gasteiger partial charge on any atom is 2.00 e. The van der Waals surface area contributed by atoms with Crippen LogP contribution in [0.5, 0.6) is 0 Å². The molecule has 0 unspecified atom stereocenters. The number of aromatic amines is 2. The van der Waals surface area contributed by atoms with Crippen LogP contribution in [0.4, 0.5) is 0 Å². The first-order valence-corrected chi connectivity index (χ1v) is 9.96. The van der Waals surface area contributed by atoms with Gasteiger partial charge in [0.25, 0.3) is 0 Å². The molecule has 0 bridgehead atoms. The third kappa shape index (κ3) is 7.00. The maximum absolute atomic E-state index is 4.19. The summed E-state index contributed by atoms with van der Waals surface area (Å²) in [6.45, 7) is 8.29. The van der Waals surface area contributed by atoms with Gasteiger partial charge in [-0.25, -0.2) is 0 Å². The molecule has 10 radical (unpaired) electrons. The van der Waals surface area contributed by atoms with Crippen molar-refractivity contribution < 1.29 is 17.1 Å². The fraction of sp³-hybridized carbons (Fsp3) is 0.333. The monoisotopic (exact) mass is 430 g/mol. The van der Waals surface area contributed by atoms with Crippen LogP contribution in [0.25, 0.3) is 0 Å². The minimum absolute atomic E-state index is 0. The molecular weight excluding hydrogens is 400 g/mol. The minimum atomic E-state index is 0. The number of hydrogen-bond acceptors (Lipinski definition) is 2. The maximum atomic E-state index is 4.19. The van der Waals surface area contributed by atoms with Crippen molar-refractivity contribution in [2.45, 2.75) is 53.4 Å². The van der Waals surface area contributed by atoms with Crippen LogP contribution in [0.1, 0.15) is 46.7 Å². The molecule has 0 saturated heterocycles. The van der Waals surface area contributed by atoms with Crippen molar-refractivity contribution in [1.29, 1.82) is 0 Å². The van der Waals surface area contributed by atoms with Gasteiger partial charge in [0.05, 0.1) is 11.4 Å². The summed E-state index contributed by atoms with van der Waals surface area (Å²) >= 11 is 0. The summed E-state index contributed by atoms with van der Waals surface area (Å²) in [5, 5.41) is 14.4. The zero-order chi connectivity index (χ0) is 19.9. The molecule has 0 aromatic carbocycles. The molecule has 0 aliphatic heterocycles. The van der Waals surface area contributed by atoms with Crippen molar-refractivity contribution in [3.63, 3.8) is 0 Å². The van der Waals surface area contributed by atoms with Gasteiger partial charge in [0.2, 0.25) is 0 Å². The van der Waals surface area contributed by atoms with Crippen LogP contribution in [0.2, 0.25) is 0 Å². The van der Waals surface area contributed by atoms with E-state index in [4.69, 9.17) is 0 Å². The predicted octanol–water partition coefficient (Wildman–Crippen LogP) is 4.73. The molecule has 2 aliphatic rings. The molecule has 0 spiro atoms. The Morgan fingerprint density at radius 3 is 1.21 bits per heavy atom. The molecule has 2 aromatic rings. The summed E-state index contributed by atoms with van der Waals surface area (Å²) in [5.74, 6) is 2.81. The second kappa shape index (κ2) is 12.0. The molecule has 0 atom stereocenters. The molecular formula is C24H30FeN4+2. The number of rotatable bonds is 6. The second-order valence-corrected chi connectivity index (χ2v) is 7.41. The van der Waals surface area contributed by atoms with Gasteiger partial charge in [0.15, 0.2) is 0 Å². The van der Waals surface area contributed by atoms with Gasteiger partial charge in [0.1, 0.15) is 0 Å². The molecule has 2 heterocycles. The van der Waals surface area contributed by atoms with Gasteiger partial charge < -0.3 is 0 Å². The molecule has 2 aliphatic carbocycles. The summed E-state index contributed by atoms with van der Waals surface area (Å²) in [4.78, 5) is 0. The van der Waals surface area contributed by atoms with E-state index in [1.54, 1.807) is 0 Å². The quantitative estimate of drug-likeness (QED) is 0.652. The van der Waals surface area contributed by atoms with Crippen molar-refractivity contribution in [3.8, 4) is 0 Å². The van der Waals surface area contributed by atoms with Crippen molar-refractivity contribution >= 4 is 0 Å². The van der Waals surface area contributed by atoms with Gasteiger partial charge in [-0.2, -0.15) is 10.2 Å². The van der Waals surface area contributed by atoms with Gasteiger partial charge in [0, 0.05) is 11.4 Å². The van der Waals surface area contributed by atoms with Crippen LogP contribution >= 0.6 is 0 Å². The van der Waals surface area contributed by atoms with Crippen LogP contribution in [-0.2, 0) is 29.9 Å². The molecule has 0 amide bonds. The molecule has 2 N–H and O–H groups in total. The average molecular weight is 430 g/mol. The number of aryl methyl sites for hydroxylation is 4. The van der Waals surface area contributed by atoms with E-state index in [1.165, 1.54) is 34.4 Å². The van der Waals surface area contributed by atoms with Gasteiger partial charge in [-0.3, -0.25) is 10.2 Å². The van der Waals surface area contributed by atoms with Crippen molar-refractivity contribution in [2.24, 2.45) is 0 Å². The number of H-pyrrole nitrogens is 2. The standard InChI is InChI=1S/2C12H15N2.Fe/c2*1-9-12(10(2)14-13-9)8-7-11-5-3-4-6-11;/h2*3-6H,7-8H2,1-2H3,(H,13,14);/q;;+2. The van der Waals surface area contributed by atoms with E-state index in [0.717, 1.165) is 37.1 Å². The van der Waals surface area contributed by atoms with E-state index < -0.39 is 0 Å². The fourth-order valence-electron chi connectivity index (χ4n) is 3.58. The Kier molecular flexibility index (Phi) is 9.98. The Morgan fingerprint density at radius 1 is 0.586 bits per heavy atom. The largest absolute Gasteiger partial charge is 2.00 e. The van der Waals surface area contributed by atoms with Crippen LogP contribution < -0.4 is 0 Å². The van der Waals surface area contributed by atoms with Crippen LogP contribution in [0.15, 0.2) is 0 Å². The molecule has 2 fully saturated rings. The predicted molar refractivity (Wildman–Crippen MR) is 114 cm³/mol. The van der Waals surface area contributed by atoms with Gasteiger partial charge >= 0.3 is 17.1 Å². The van der Waals surface area contributed by atoms with Crippen molar-refractivity contribution in [2.75, 3.05) is 0 Å². The SMILES string of the molecule is Cc1n[nH]c(C)c1CC[C]1[CH][CH][CH][CH]1.Cc1n[nH]c(C)c1CC[C]1[CH][CH][CH][CH]1.[Fe+2]. The summed E-state index contributed by atoms with van der Waals surface area (Å²) in [6, 6.07) is 0. The van der Waals surface area contributed by atoms with Gasteiger partial charge in [-0.05, 0) is 128 Å². The third-order valence-electron chi connectivity index (χ3n) is 5.35. The molecule has 2 saturated carbocycles. The number of nitrogens with zero attached hydrogens (tertiary/aromatic N) is 2. The molecule has 29 heavy (non-hydrogen) atoms. The average Bonchev–Trinajstić information content (AvgIpc) is 3.46. The summed E-state index contributed by atoms with van der Waals surface area (Å²) in [5.41, 5.74) is 7.41. The van der Waals surface area contributed by atoms with Crippen LogP contribution in [0, 0.1) is 90.9 Å². The number of aromatic nitrogens is 4. The zero-order valence-corrected chi connectivity index (χ0v) is 18.8. The number of hydrogen-bond donors (Lipinski definition) is 2. The Morgan fingerprint density at radius 2 is 0.931 bits per heavy atom. The molecule has 5 heteroatoms. The minimum Gasteiger partial charge on any atom is -0.282 e. The molecule has 4 rings (SSSR count). The summed E-state index contributed by atoms with van der Waals surface area (Å²) in [7, 11) is 0. The van der Waals surface area contributed by atoms with Crippen molar-refractivity contribution in [1.82, 2.24) is 20.4 Å². The summed E-state index contributed by atoms with van der Waals surface area (Å²) < 4.78 is 0. The second-order valence-electron chi connectivity index (χ2n) is 7.41. The Hall–Kier alpha value is -1.06. The first kappa shape index (κ1) is 24.2. The topological polar surface area (TPSA) is 57.4 Å². The molecule has 4 nitrogen and oxygen atoms in total. The van der Waals surface area contributed by atoms with E-state index in [2.05, 4.69) is 99.5 Å². The Balaban J connectivity index is 0.000000200. The first-order valence-electron chi connectivity index (χ1n) is 9.96. The van der Waals surface area contributed by atoms with Gasteiger partial charge in [-0.15, -0.1) is 0 Å². The van der Waals surface area contributed by atoms with Crippen LogP contribution in [0.3, 0.4) is 0 Å². The van der Waals surface area contributed by atoms with E-state index in [9.17, 15) is 0 Å². The van der Waals surface area contributed by atoms with E-state index in [1.807, 2.05) is 0 Å². The fourth-order valence-corrected chi connectivity index (χ4v) is 3.58. The van der Waals surface area contributed by atoms with E-state index in [0.29, 0.717) is 0 Å². The smallest absolute Gasteiger partial charge is 0.282 e. The van der Waals surface area contributed by atoms with Gasteiger partial charge in [-0.1, -0.05) is 0 Å². The van der Waals surface area contributed by atoms with Crippen LogP contribution in [-0.4, -0.2) is 20.4 Å².